The van der Waals surface area contributed by atoms with Crippen molar-refractivity contribution in [2.75, 3.05) is 6.61 Å². The summed E-state index contributed by atoms with van der Waals surface area (Å²) in [5.74, 6) is -0.255. The molecule has 4 aromatic carbocycles. The van der Waals surface area contributed by atoms with E-state index in [1.807, 2.05) is 24.3 Å². The molecule has 0 bridgehead atoms. The van der Waals surface area contributed by atoms with Gasteiger partial charge in [0.25, 0.3) is 0 Å². The maximum absolute atomic E-state index is 12.9. The van der Waals surface area contributed by atoms with Crippen molar-refractivity contribution in [2.45, 2.75) is 11.8 Å². The van der Waals surface area contributed by atoms with E-state index in [-0.39, 0.29) is 17.8 Å². The molecule has 0 fully saturated rings. The molecule has 149 valence electrons. The van der Waals surface area contributed by atoms with Crippen molar-refractivity contribution in [3.63, 3.8) is 0 Å². The van der Waals surface area contributed by atoms with Gasteiger partial charge in [-0.1, -0.05) is 97.1 Å². The Morgan fingerprint density at radius 1 is 0.613 bits per heavy atom. The highest BCUT2D eigenvalue weighted by atomic mass is 16.5. The SMILES string of the molecule is O=C([CH]C1c2ccccc2-c2ccccc21)OCC1c2ccccc2-c2ccccc21. The van der Waals surface area contributed by atoms with Crippen LogP contribution in [0.4, 0.5) is 0 Å². The summed E-state index contributed by atoms with van der Waals surface area (Å²) in [5.41, 5.74) is 9.66. The summed E-state index contributed by atoms with van der Waals surface area (Å²) in [4.78, 5) is 12.9. The molecule has 0 N–H and O–H groups in total. The second-order valence-corrected chi connectivity index (χ2v) is 8.18. The van der Waals surface area contributed by atoms with Gasteiger partial charge >= 0.3 is 5.97 Å². The van der Waals surface area contributed by atoms with E-state index < -0.39 is 0 Å². The standard InChI is InChI=1S/C29H21O2/c30-29(17-27-23-13-5-1-9-19(23)20-10-2-6-14-24(20)27)31-18-28-25-15-7-3-11-21(25)22-12-4-8-16-26(22)28/h1-17,27-28H,18H2. The number of benzene rings is 4. The topological polar surface area (TPSA) is 26.3 Å². The Kier molecular flexibility index (Phi) is 4.24. The fourth-order valence-electron chi connectivity index (χ4n) is 5.16. The summed E-state index contributed by atoms with van der Waals surface area (Å²) in [6, 6.07) is 33.4. The zero-order chi connectivity index (χ0) is 20.8. The van der Waals surface area contributed by atoms with Crippen LogP contribution in [-0.2, 0) is 9.53 Å². The summed E-state index contributed by atoms with van der Waals surface area (Å²) < 4.78 is 5.84. The van der Waals surface area contributed by atoms with E-state index in [0.717, 1.165) is 11.1 Å². The Labute approximate surface area is 182 Å². The predicted molar refractivity (Wildman–Crippen MR) is 123 cm³/mol. The number of ether oxygens (including phenoxy) is 1. The normalized spacial score (nSPS) is 13.9. The molecule has 0 atom stereocenters. The predicted octanol–water partition coefficient (Wildman–Crippen LogP) is 6.36. The van der Waals surface area contributed by atoms with Crippen LogP contribution in [0.2, 0.25) is 0 Å². The van der Waals surface area contributed by atoms with Crippen LogP contribution in [0.25, 0.3) is 22.3 Å². The lowest BCUT2D eigenvalue weighted by atomic mass is 9.93. The third-order valence-corrected chi connectivity index (χ3v) is 6.54. The molecule has 0 heterocycles. The van der Waals surface area contributed by atoms with E-state index in [2.05, 4.69) is 72.8 Å². The zero-order valence-electron chi connectivity index (χ0n) is 17.0. The Balaban J connectivity index is 1.24. The molecule has 0 spiro atoms. The van der Waals surface area contributed by atoms with Gasteiger partial charge in [-0.15, -0.1) is 0 Å². The van der Waals surface area contributed by atoms with Crippen molar-refractivity contribution in [1.82, 2.24) is 0 Å². The maximum Gasteiger partial charge on any atom is 0.310 e. The molecule has 0 amide bonds. The highest BCUT2D eigenvalue weighted by Gasteiger charge is 2.32. The molecule has 2 aliphatic rings. The van der Waals surface area contributed by atoms with E-state index in [9.17, 15) is 4.79 Å². The summed E-state index contributed by atoms with van der Waals surface area (Å²) >= 11 is 0. The minimum Gasteiger partial charge on any atom is -0.464 e. The first-order valence-electron chi connectivity index (χ1n) is 10.7. The largest absolute Gasteiger partial charge is 0.464 e. The molecule has 0 unspecified atom stereocenters. The van der Waals surface area contributed by atoms with Gasteiger partial charge < -0.3 is 4.74 Å². The van der Waals surface area contributed by atoms with E-state index in [0.29, 0.717) is 6.61 Å². The highest BCUT2D eigenvalue weighted by Crippen LogP contribution is 2.47. The van der Waals surface area contributed by atoms with Crippen LogP contribution in [0.5, 0.6) is 0 Å². The van der Waals surface area contributed by atoms with Crippen molar-refractivity contribution in [2.24, 2.45) is 0 Å². The smallest absolute Gasteiger partial charge is 0.310 e. The van der Waals surface area contributed by atoms with Gasteiger partial charge in [0.2, 0.25) is 0 Å². The Bertz CT molecular complexity index is 1210. The first-order valence-corrected chi connectivity index (χ1v) is 10.7. The van der Waals surface area contributed by atoms with Gasteiger partial charge in [-0.25, -0.2) is 0 Å². The van der Waals surface area contributed by atoms with E-state index in [1.54, 1.807) is 6.42 Å². The number of hydrogen-bond donors (Lipinski definition) is 0. The summed E-state index contributed by atoms with van der Waals surface area (Å²) in [6.45, 7) is 0.347. The first-order chi connectivity index (χ1) is 15.3. The van der Waals surface area contributed by atoms with Crippen molar-refractivity contribution >= 4 is 5.97 Å². The number of hydrogen-bond acceptors (Lipinski definition) is 2. The average Bonchev–Trinajstić information content (AvgIpc) is 3.31. The number of carbonyl (C=O) groups is 1. The minimum atomic E-state index is -0.265. The molecule has 31 heavy (non-hydrogen) atoms. The maximum atomic E-state index is 12.9. The van der Waals surface area contributed by atoms with E-state index in [1.165, 1.54) is 33.4 Å². The van der Waals surface area contributed by atoms with Gasteiger partial charge in [0.1, 0.15) is 6.61 Å². The molecule has 0 saturated heterocycles. The van der Waals surface area contributed by atoms with Crippen molar-refractivity contribution in [1.29, 1.82) is 0 Å². The summed E-state index contributed by atoms with van der Waals surface area (Å²) in [5, 5.41) is 0. The lowest BCUT2D eigenvalue weighted by molar-refractivity contribution is -0.140. The molecule has 0 aliphatic heterocycles. The Morgan fingerprint density at radius 2 is 1.00 bits per heavy atom. The van der Waals surface area contributed by atoms with Crippen molar-refractivity contribution in [3.8, 4) is 22.3 Å². The molecule has 0 saturated carbocycles. The Hall–Kier alpha value is -3.65. The summed E-state index contributed by atoms with van der Waals surface area (Å²) in [7, 11) is 0. The van der Waals surface area contributed by atoms with Crippen LogP contribution >= 0.6 is 0 Å². The molecule has 0 aromatic heterocycles. The van der Waals surface area contributed by atoms with E-state index in [4.69, 9.17) is 4.74 Å². The zero-order valence-corrected chi connectivity index (χ0v) is 17.0. The van der Waals surface area contributed by atoms with Gasteiger partial charge in [0, 0.05) is 11.8 Å². The minimum absolute atomic E-state index is 0.0666. The van der Waals surface area contributed by atoms with Crippen LogP contribution in [0.1, 0.15) is 34.1 Å². The van der Waals surface area contributed by atoms with Crippen LogP contribution in [0.3, 0.4) is 0 Å². The fourth-order valence-corrected chi connectivity index (χ4v) is 5.16. The molecule has 2 heteroatoms. The van der Waals surface area contributed by atoms with Gasteiger partial charge in [0.15, 0.2) is 0 Å². The van der Waals surface area contributed by atoms with Gasteiger partial charge in [-0.3, -0.25) is 4.79 Å². The summed E-state index contributed by atoms with van der Waals surface area (Å²) in [6.07, 6.45) is 1.73. The van der Waals surface area contributed by atoms with Gasteiger partial charge in [-0.2, -0.15) is 0 Å². The number of esters is 1. The molecular formula is C29H21O2. The van der Waals surface area contributed by atoms with Crippen molar-refractivity contribution in [3.05, 3.63) is 126 Å². The number of rotatable bonds is 4. The molecule has 2 nitrogen and oxygen atoms in total. The van der Waals surface area contributed by atoms with Crippen LogP contribution in [0.15, 0.2) is 97.1 Å². The fraction of sp³-hybridized carbons (Fsp3) is 0.103. The number of carbonyl (C=O) groups excluding carboxylic acids is 1. The lowest BCUT2D eigenvalue weighted by Gasteiger charge is -2.16. The molecule has 4 aromatic rings. The molecule has 1 radical (unpaired) electrons. The number of fused-ring (bicyclic) bond motifs is 6. The van der Waals surface area contributed by atoms with Crippen molar-refractivity contribution < 1.29 is 9.53 Å². The van der Waals surface area contributed by atoms with Gasteiger partial charge in [-0.05, 0) is 44.5 Å². The van der Waals surface area contributed by atoms with E-state index >= 15 is 0 Å². The average molecular weight is 401 g/mol. The quantitative estimate of drug-likeness (QED) is 0.372. The van der Waals surface area contributed by atoms with Gasteiger partial charge in [0.05, 0.1) is 6.42 Å². The second-order valence-electron chi connectivity index (χ2n) is 8.18. The molecule has 2 aliphatic carbocycles. The van der Waals surface area contributed by atoms with Crippen LogP contribution in [0, 0.1) is 6.42 Å². The Morgan fingerprint density at radius 3 is 1.48 bits per heavy atom. The third-order valence-electron chi connectivity index (χ3n) is 6.54. The molecule has 6 rings (SSSR count). The lowest BCUT2D eigenvalue weighted by Crippen LogP contribution is -2.15. The monoisotopic (exact) mass is 401 g/mol. The van der Waals surface area contributed by atoms with Crippen LogP contribution in [-0.4, -0.2) is 12.6 Å². The second kappa shape index (κ2) is 7.24. The molecular weight excluding hydrogens is 380 g/mol. The first kappa shape index (κ1) is 18.1. The van der Waals surface area contributed by atoms with Crippen LogP contribution < -0.4 is 0 Å². The highest BCUT2D eigenvalue weighted by molar-refractivity contribution is 5.87. The third kappa shape index (κ3) is 2.90.